The number of unbranched alkanes of at least 4 members (excludes halogenated alkanes) is 1. The summed E-state index contributed by atoms with van der Waals surface area (Å²) in [5.41, 5.74) is 0.551. The Morgan fingerprint density at radius 3 is 2.75 bits per heavy atom. The summed E-state index contributed by atoms with van der Waals surface area (Å²) in [5.74, 6) is 0.147. The topological polar surface area (TPSA) is 83.8 Å². The van der Waals surface area contributed by atoms with Gasteiger partial charge < -0.3 is 14.9 Å². The van der Waals surface area contributed by atoms with Gasteiger partial charge in [0.25, 0.3) is 0 Å². The van der Waals surface area contributed by atoms with Crippen LogP contribution in [0.2, 0.25) is 0 Å². The lowest BCUT2D eigenvalue weighted by molar-refractivity contribution is -0.137. The molecule has 1 unspecified atom stereocenters. The molecule has 0 aliphatic heterocycles. The summed E-state index contributed by atoms with van der Waals surface area (Å²) in [6, 6.07) is 9.39. The van der Waals surface area contributed by atoms with Gasteiger partial charge in [-0.2, -0.15) is 0 Å². The lowest BCUT2D eigenvalue weighted by Crippen LogP contribution is -2.26. The van der Waals surface area contributed by atoms with Crippen LogP contribution in [0.25, 0.3) is 0 Å². The molecule has 1 aromatic rings. The molecule has 0 bridgehead atoms. The monoisotopic (exact) mass is 386 g/mol. The predicted octanol–water partition coefficient (Wildman–Crippen LogP) is 4.31. The maximum Gasteiger partial charge on any atom is 0.303 e. The Kier molecular flexibility index (Phi) is 8.45. The lowest BCUT2D eigenvalue weighted by Gasteiger charge is -2.26. The van der Waals surface area contributed by atoms with Crippen molar-refractivity contribution in [2.24, 2.45) is 5.41 Å². The van der Waals surface area contributed by atoms with E-state index >= 15 is 0 Å². The molecule has 2 N–H and O–H groups in total. The molecule has 1 aliphatic carbocycles. The summed E-state index contributed by atoms with van der Waals surface area (Å²) in [5, 5.41) is 18.9. The number of aliphatic carboxylic acids is 1. The number of allylic oxidation sites excluding steroid dienone is 4. The second kappa shape index (κ2) is 10.8. The van der Waals surface area contributed by atoms with Crippen LogP contribution in [0.1, 0.15) is 51.9 Å². The van der Waals surface area contributed by atoms with Gasteiger partial charge in [-0.3, -0.25) is 9.59 Å². The minimum atomic E-state index is -0.786. The fraction of sp³-hybridized carbons (Fsp3) is 0.478. The van der Waals surface area contributed by atoms with Gasteiger partial charge >= 0.3 is 5.97 Å². The van der Waals surface area contributed by atoms with Crippen LogP contribution >= 0.6 is 0 Å². The molecule has 0 spiro atoms. The molecule has 0 radical (unpaired) electrons. The van der Waals surface area contributed by atoms with E-state index in [2.05, 4.69) is 0 Å². The van der Waals surface area contributed by atoms with E-state index in [1.165, 1.54) is 0 Å². The van der Waals surface area contributed by atoms with Crippen LogP contribution in [0.5, 0.6) is 5.75 Å². The van der Waals surface area contributed by atoms with Crippen LogP contribution < -0.4 is 4.74 Å². The lowest BCUT2D eigenvalue weighted by atomic mass is 9.77. The normalized spacial score (nSPS) is 20.4. The minimum absolute atomic E-state index is 0.161. The summed E-state index contributed by atoms with van der Waals surface area (Å²) >= 11 is 0. The molecular formula is C23H30O5. The molecule has 2 rings (SSSR count). The number of hydrogen-bond donors (Lipinski definition) is 2. The molecule has 1 aliphatic rings. The molecule has 0 aromatic heterocycles. The van der Waals surface area contributed by atoms with Gasteiger partial charge in [-0.15, -0.1) is 0 Å². The van der Waals surface area contributed by atoms with Gasteiger partial charge in [-0.1, -0.05) is 42.0 Å². The van der Waals surface area contributed by atoms with Crippen LogP contribution in [-0.4, -0.2) is 34.7 Å². The minimum Gasteiger partial charge on any atom is -0.491 e. The number of carboxylic acid groups (broad SMARTS) is 1. The van der Waals surface area contributed by atoms with Crippen LogP contribution in [-0.2, 0) is 9.59 Å². The number of ketones is 1. The summed E-state index contributed by atoms with van der Waals surface area (Å²) in [4.78, 5) is 22.9. The Morgan fingerprint density at radius 2 is 2.04 bits per heavy atom. The van der Waals surface area contributed by atoms with Crippen molar-refractivity contribution in [3.63, 3.8) is 0 Å². The zero-order valence-electron chi connectivity index (χ0n) is 16.5. The maximum absolute atomic E-state index is 12.4. The highest BCUT2D eigenvalue weighted by atomic mass is 16.5. The number of ether oxygens (including phenoxy) is 1. The SMILES string of the molecule is C[C@]1(C/C=C\CCCC(=O)O)C(=O)CC=C1CCC(O)COc1ccccc1. The zero-order valence-corrected chi connectivity index (χ0v) is 16.5. The van der Waals surface area contributed by atoms with Gasteiger partial charge in [0.1, 0.15) is 18.1 Å². The van der Waals surface area contributed by atoms with E-state index in [4.69, 9.17) is 9.84 Å². The Balaban J connectivity index is 1.78. The second-order valence-electron chi connectivity index (χ2n) is 7.47. The number of rotatable bonds is 12. The molecule has 0 fully saturated rings. The number of benzene rings is 1. The summed E-state index contributed by atoms with van der Waals surface area (Å²) in [6.45, 7) is 2.19. The number of para-hydroxylation sites is 1. The van der Waals surface area contributed by atoms with E-state index in [1.807, 2.05) is 55.5 Å². The molecular weight excluding hydrogens is 356 g/mol. The zero-order chi connectivity index (χ0) is 20.4. The molecule has 0 heterocycles. The molecule has 0 saturated heterocycles. The van der Waals surface area contributed by atoms with Gasteiger partial charge in [0, 0.05) is 12.8 Å². The van der Waals surface area contributed by atoms with E-state index < -0.39 is 17.5 Å². The summed E-state index contributed by atoms with van der Waals surface area (Å²) < 4.78 is 5.59. The third-order valence-corrected chi connectivity index (χ3v) is 5.24. The largest absolute Gasteiger partial charge is 0.491 e. The molecule has 152 valence electrons. The smallest absolute Gasteiger partial charge is 0.303 e. The average Bonchev–Trinajstić information content (AvgIpc) is 2.96. The number of carboxylic acids is 1. The number of hydrogen-bond acceptors (Lipinski definition) is 4. The summed E-state index contributed by atoms with van der Waals surface area (Å²) in [6.07, 6.45) is 9.06. The van der Waals surface area contributed by atoms with Gasteiger partial charge in [0.15, 0.2) is 0 Å². The van der Waals surface area contributed by atoms with Crippen molar-refractivity contribution in [1.29, 1.82) is 0 Å². The average molecular weight is 386 g/mol. The van der Waals surface area contributed by atoms with Crippen molar-refractivity contribution < 1.29 is 24.5 Å². The molecule has 5 heteroatoms. The third-order valence-electron chi connectivity index (χ3n) is 5.24. The van der Waals surface area contributed by atoms with E-state index in [0.29, 0.717) is 38.5 Å². The van der Waals surface area contributed by atoms with E-state index in [1.54, 1.807) is 0 Å². The van der Waals surface area contributed by atoms with E-state index in [0.717, 1.165) is 11.3 Å². The molecule has 2 atom stereocenters. The van der Waals surface area contributed by atoms with Gasteiger partial charge in [0.05, 0.1) is 11.5 Å². The quantitative estimate of drug-likeness (QED) is 0.413. The standard InChI is InChI=1S/C23H30O5/c1-23(16-8-3-2-7-11-22(26)27)18(13-15-21(23)25)12-14-19(24)17-28-20-9-5-4-6-10-20/h3-6,8-10,13,19,24H,2,7,11-12,14-17H2,1H3,(H,26,27)/b8-3-/t19?,23-/m1/s1. The predicted molar refractivity (Wildman–Crippen MR) is 108 cm³/mol. The Morgan fingerprint density at radius 1 is 1.29 bits per heavy atom. The first-order chi connectivity index (χ1) is 13.4. The van der Waals surface area contributed by atoms with E-state index in [-0.39, 0.29) is 18.8 Å². The summed E-state index contributed by atoms with van der Waals surface area (Å²) in [7, 11) is 0. The third kappa shape index (κ3) is 6.64. The van der Waals surface area contributed by atoms with Crippen molar-refractivity contribution in [3.8, 4) is 5.75 Å². The Bertz CT molecular complexity index is 707. The van der Waals surface area contributed by atoms with Crippen LogP contribution in [0.4, 0.5) is 0 Å². The molecule has 28 heavy (non-hydrogen) atoms. The fourth-order valence-corrected chi connectivity index (χ4v) is 3.39. The molecule has 5 nitrogen and oxygen atoms in total. The molecule has 0 amide bonds. The van der Waals surface area contributed by atoms with Gasteiger partial charge in [0.2, 0.25) is 0 Å². The van der Waals surface area contributed by atoms with Crippen molar-refractivity contribution in [2.45, 2.75) is 58.0 Å². The van der Waals surface area contributed by atoms with E-state index in [9.17, 15) is 14.7 Å². The Labute approximate surface area is 166 Å². The number of Topliss-reactive ketones (excluding diaryl/α,β-unsaturated/α-hetero) is 1. The number of carbonyl (C=O) groups excluding carboxylic acids is 1. The Hall–Kier alpha value is -2.40. The van der Waals surface area contributed by atoms with Crippen LogP contribution in [0, 0.1) is 5.41 Å². The highest BCUT2D eigenvalue weighted by molar-refractivity contribution is 5.92. The highest BCUT2D eigenvalue weighted by Crippen LogP contribution is 2.41. The molecule has 0 saturated carbocycles. The van der Waals surface area contributed by atoms with Crippen molar-refractivity contribution >= 4 is 11.8 Å². The first kappa shape index (κ1) is 21.9. The van der Waals surface area contributed by atoms with Gasteiger partial charge in [-0.05, 0) is 51.2 Å². The van der Waals surface area contributed by atoms with Crippen molar-refractivity contribution in [2.75, 3.05) is 6.61 Å². The first-order valence-corrected chi connectivity index (χ1v) is 9.87. The first-order valence-electron chi connectivity index (χ1n) is 9.87. The van der Waals surface area contributed by atoms with Crippen molar-refractivity contribution in [3.05, 3.63) is 54.1 Å². The van der Waals surface area contributed by atoms with Crippen LogP contribution in [0.3, 0.4) is 0 Å². The number of aliphatic hydroxyl groups is 1. The fourth-order valence-electron chi connectivity index (χ4n) is 3.39. The van der Waals surface area contributed by atoms with Gasteiger partial charge in [-0.25, -0.2) is 0 Å². The number of aliphatic hydroxyl groups excluding tert-OH is 1. The highest BCUT2D eigenvalue weighted by Gasteiger charge is 2.38. The molecule has 1 aromatic carbocycles. The van der Waals surface area contributed by atoms with Crippen molar-refractivity contribution in [1.82, 2.24) is 0 Å². The number of carbonyl (C=O) groups is 2. The second-order valence-corrected chi connectivity index (χ2v) is 7.47. The van der Waals surface area contributed by atoms with Crippen LogP contribution in [0.15, 0.2) is 54.1 Å². The maximum atomic E-state index is 12.4.